The molecule has 3 rings (SSSR count). The molecular formula is C16H21N3O2. The maximum absolute atomic E-state index is 11.4. The number of nitrogens with one attached hydrogen (secondary N) is 2. The van der Waals surface area contributed by atoms with E-state index in [9.17, 15) is 4.79 Å². The lowest BCUT2D eigenvalue weighted by atomic mass is 10.0. The number of benzene rings is 1. The molecule has 1 aliphatic rings. The number of amides is 1. The van der Waals surface area contributed by atoms with Gasteiger partial charge in [-0.1, -0.05) is 6.07 Å². The first kappa shape index (κ1) is 7.31. The minimum Gasteiger partial charge on any atom is -0.447 e. The molecule has 0 spiro atoms. The van der Waals surface area contributed by atoms with E-state index in [4.69, 9.17) is 15.8 Å². The number of ether oxygens (including phenoxy) is 1. The van der Waals surface area contributed by atoms with E-state index in [0.29, 0.717) is 21.8 Å². The number of carbonyl (C=O) groups is 1. The van der Waals surface area contributed by atoms with Crippen molar-refractivity contribution in [2.24, 2.45) is 0 Å². The van der Waals surface area contributed by atoms with Gasteiger partial charge in [-0.05, 0) is 50.1 Å². The Kier molecular flexibility index (Phi) is 2.01. The SMILES string of the molecule is [2H]N1C(=O)OC[C@]1([2H])Cc1ccc2c(c1)c(C([2H])([2H])CN(C)C([2H])([2H])[2H])cn2[2H]. The van der Waals surface area contributed by atoms with Crippen LogP contribution in [0, 0.1) is 0 Å². The summed E-state index contributed by atoms with van der Waals surface area (Å²) in [6, 6.07) is 3.25. The summed E-state index contributed by atoms with van der Waals surface area (Å²) in [6.45, 7) is -3.12. The van der Waals surface area contributed by atoms with Crippen LogP contribution in [-0.2, 0) is 17.5 Å². The number of H-pyrrole nitrogens is 1. The van der Waals surface area contributed by atoms with Crippen molar-refractivity contribution >= 4 is 17.0 Å². The molecule has 1 aliphatic heterocycles. The van der Waals surface area contributed by atoms with Crippen LogP contribution in [0.5, 0.6) is 0 Å². The maximum atomic E-state index is 11.4. The summed E-state index contributed by atoms with van der Waals surface area (Å²) in [4.78, 5) is 13.4. The first-order valence-corrected chi connectivity index (χ1v) is 6.55. The molecule has 1 atom stereocenters. The number of fused-ring (bicyclic) bond motifs is 1. The van der Waals surface area contributed by atoms with Crippen molar-refractivity contribution in [3.8, 4) is 0 Å². The van der Waals surface area contributed by atoms with Gasteiger partial charge in [-0.15, -0.1) is 0 Å². The van der Waals surface area contributed by atoms with Gasteiger partial charge in [-0.3, -0.25) is 0 Å². The number of hydrogen-bond acceptors (Lipinski definition) is 3. The predicted molar refractivity (Wildman–Crippen MR) is 82.5 cm³/mol. The van der Waals surface area contributed by atoms with Crippen molar-refractivity contribution in [1.82, 2.24) is 15.2 Å². The Morgan fingerprint density at radius 2 is 2.57 bits per heavy atom. The summed E-state index contributed by atoms with van der Waals surface area (Å²) >= 11 is 0. The Balaban J connectivity index is 1.97. The molecule has 1 saturated heterocycles. The second-order valence-electron chi connectivity index (χ2n) is 4.97. The highest BCUT2D eigenvalue weighted by atomic mass is 16.6. The Morgan fingerprint density at radius 1 is 1.67 bits per heavy atom. The van der Waals surface area contributed by atoms with Gasteiger partial charge in [0.15, 0.2) is 2.82 Å². The van der Waals surface area contributed by atoms with E-state index >= 15 is 0 Å². The molecule has 1 amide bonds. The molecule has 0 bridgehead atoms. The van der Waals surface area contributed by atoms with Crippen molar-refractivity contribution in [2.45, 2.75) is 18.8 Å². The summed E-state index contributed by atoms with van der Waals surface area (Å²) < 4.78 is 67.9. The third-order valence-electron chi connectivity index (χ3n) is 3.21. The van der Waals surface area contributed by atoms with Gasteiger partial charge in [0, 0.05) is 30.5 Å². The maximum Gasteiger partial charge on any atom is 0.407 e. The Hall–Kier alpha value is -2.01. The number of carbonyl (C=O) groups excluding carboxylic acids is 1. The van der Waals surface area contributed by atoms with Crippen LogP contribution < -0.4 is 5.31 Å². The lowest BCUT2D eigenvalue weighted by Gasteiger charge is -2.09. The van der Waals surface area contributed by atoms with Crippen LogP contribution in [0.3, 0.4) is 0 Å². The van der Waals surface area contributed by atoms with Crippen molar-refractivity contribution < 1.29 is 20.6 Å². The van der Waals surface area contributed by atoms with Crippen LogP contribution in [0.1, 0.15) is 19.4 Å². The quantitative estimate of drug-likeness (QED) is 0.886. The van der Waals surface area contributed by atoms with Crippen molar-refractivity contribution in [3.63, 3.8) is 0 Å². The van der Waals surface area contributed by atoms with Gasteiger partial charge < -0.3 is 19.9 Å². The molecule has 0 radical (unpaired) electrons. The number of likely N-dealkylation sites (N-methyl/N-ethyl adjacent to an activating group) is 1. The van der Waals surface area contributed by atoms with Crippen LogP contribution >= 0.6 is 0 Å². The Morgan fingerprint density at radius 3 is 3.33 bits per heavy atom. The molecule has 2 N–H and O–H groups in total. The predicted octanol–water partition coefficient (Wildman–Crippen LogP) is 1.92. The molecule has 0 unspecified atom stereocenters. The number of alkyl carbamates (subject to hydrolysis) is 1. The van der Waals surface area contributed by atoms with Crippen LogP contribution in [-0.4, -0.2) is 49.2 Å². The smallest absolute Gasteiger partial charge is 0.407 e. The first-order chi connectivity index (χ1) is 13.2. The molecule has 21 heavy (non-hydrogen) atoms. The third kappa shape index (κ3) is 3.19. The summed E-state index contributed by atoms with van der Waals surface area (Å²) in [5.74, 6) is 0. The highest BCUT2D eigenvalue weighted by Gasteiger charge is 2.22. The highest BCUT2D eigenvalue weighted by Crippen LogP contribution is 2.21. The van der Waals surface area contributed by atoms with E-state index in [1.165, 1.54) is 13.2 Å². The zero-order valence-corrected chi connectivity index (χ0v) is 11.6. The molecule has 1 aromatic carbocycles. The molecule has 1 aromatic heterocycles. The zero-order chi connectivity index (χ0) is 21.8. The summed E-state index contributed by atoms with van der Waals surface area (Å²) in [5.41, 5.74) is 1.14. The van der Waals surface area contributed by atoms with Crippen molar-refractivity contribution in [2.75, 3.05) is 27.2 Å². The minimum atomic E-state index is -2.46. The van der Waals surface area contributed by atoms with Gasteiger partial charge in [-0.25, -0.2) is 4.79 Å². The first-order valence-electron chi connectivity index (χ1n) is 10.4. The number of cyclic esters (lactones) is 1. The number of nitrogens with zero attached hydrogens (tertiary/aromatic N) is 1. The Bertz CT molecular complexity index is 944. The molecular weight excluding hydrogens is 266 g/mol. The number of aromatic nitrogens is 1. The summed E-state index contributed by atoms with van der Waals surface area (Å²) in [6.07, 6.45) is -1.67. The van der Waals surface area contributed by atoms with E-state index in [2.05, 4.69) is 0 Å². The third-order valence-corrected chi connectivity index (χ3v) is 3.21. The standard InChI is InChI=1S/C16H21N3O2/c1-19(2)6-5-12-9-17-15-4-3-11(8-14(12)15)7-13-10-21-16(20)18-13/h3-4,8-9,13,17H,5-7,10H2,1-2H3,(H,18,20)/t13-/m0/s1/i1D3,5D2,13D/hD2. The summed E-state index contributed by atoms with van der Waals surface area (Å²) in [7, 11) is 1.31. The van der Waals surface area contributed by atoms with E-state index in [-0.39, 0.29) is 18.6 Å². The van der Waals surface area contributed by atoms with E-state index < -0.39 is 32.0 Å². The van der Waals surface area contributed by atoms with Gasteiger partial charge in [-0.2, -0.15) is 0 Å². The van der Waals surface area contributed by atoms with Crippen molar-refractivity contribution in [3.05, 3.63) is 35.5 Å². The van der Waals surface area contributed by atoms with Crippen LogP contribution in [0.4, 0.5) is 4.79 Å². The molecule has 0 saturated carbocycles. The second-order valence-corrected chi connectivity index (χ2v) is 4.97. The zero-order valence-electron chi connectivity index (χ0n) is 19.6. The molecule has 5 heteroatoms. The van der Waals surface area contributed by atoms with Crippen LogP contribution in [0.2, 0.25) is 2.82 Å². The van der Waals surface area contributed by atoms with Crippen LogP contribution in [0.25, 0.3) is 10.9 Å². The fraction of sp³-hybridized carbons (Fsp3) is 0.438. The van der Waals surface area contributed by atoms with E-state index in [0.717, 1.165) is 9.88 Å². The van der Waals surface area contributed by atoms with Crippen molar-refractivity contribution in [1.29, 1.82) is 0 Å². The second kappa shape index (κ2) is 5.77. The van der Waals surface area contributed by atoms with Crippen LogP contribution in [0.15, 0.2) is 24.4 Å². The number of hydrogen-bond donors (Lipinski definition) is 2. The van der Waals surface area contributed by atoms with Gasteiger partial charge in [0.05, 0.1) is 7.39 Å². The highest BCUT2D eigenvalue weighted by molar-refractivity contribution is 5.84. The molecule has 0 aliphatic carbocycles. The topological polar surface area (TPSA) is 57.4 Å². The lowest BCUT2D eigenvalue weighted by molar-refractivity contribution is 0.177. The lowest BCUT2D eigenvalue weighted by Crippen LogP contribution is -2.28. The largest absolute Gasteiger partial charge is 0.447 e. The van der Waals surface area contributed by atoms with Gasteiger partial charge in [0.2, 0.25) is 0 Å². The Labute approximate surface area is 135 Å². The van der Waals surface area contributed by atoms with E-state index in [1.807, 2.05) is 0 Å². The minimum absolute atomic E-state index is 0.0149. The number of aromatic amines is 1. The van der Waals surface area contributed by atoms with E-state index in [1.54, 1.807) is 18.2 Å². The summed E-state index contributed by atoms with van der Waals surface area (Å²) in [5, 5.41) is 0.880. The molecule has 1 fully saturated rings. The molecule has 5 nitrogen and oxygen atoms in total. The fourth-order valence-corrected chi connectivity index (χ4v) is 2.23. The monoisotopic (exact) mass is 295 g/mol. The van der Waals surface area contributed by atoms with Gasteiger partial charge >= 0.3 is 6.09 Å². The molecule has 2 aromatic rings. The average Bonchev–Trinajstić information content (AvgIpc) is 3.06. The number of rotatable bonds is 5. The van der Waals surface area contributed by atoms with Gasteiger partial charge in [0.25, 0.3) is 0 Å². The normalized spacial score (nSPS) is 29.0. The van der Waals surface area contributed by atoms with Gasteiger partial charge in [0.1, 0.15) is 6.61 Å². The fourth-order valence-electron chi connectivity index (χ4n) is 2.23. The molecule has 112 valence electrons. The average molecular weight is 295 g/mol. The molecule has 2 heterocycles.